The molecule has 0 bridgehead atoms. The fourth-order valence-corrected chi connectivity index (χ4v) is 2.55. The summed E-state index contributed by atoms with van der Waals surface area (Å²) in [4.78, 5) is 0. The van der Waals surface area contributed by atoms with Crippen LogP contribution in [0.25, 0.3) is 0 Å². The molecule has 0 spiro atoms. The third-order valence-electron chi connectivity index (χ3n) is 2.22. The van der Waals surface area contributed by atoms with Crippen LogP contribution in [0.3, 0.4) is 0 Å². The minimum Gasteiger partial charge on any atom is -0.388 e. The predicted octanol–water partition coefficient (Wildman–Crippen LogP) is 3.08. The zero-order chi connectivity index (χ0) is 8.72. The molecule has 1 aromatic carbocycles. The summed E-state index contributed by atoms with van der Waals surface area (Å²) in [5.74, 6) is 0. The molecular weight excluding hydrogens is 239 g/mol. The molecule has 0 fully saturated rings. The molecule has 2 rings (SSSR count). The van der Waals surface area contributed by atoms with Crippen molar-refractivity contribution in [2.24, 2.45) is 0 Å². The van der Waals surface area contributed by atoms with Crippen LogP contribution < -0.4 is 0 Å². The van der Waals surface area contributed by atoms with Crippen LogP contribution in [0.5, 0.6) is 0 Å². The normalized spacial score (nSPS) is 21.1. The third kappa shape index (κ3) is 1.28. The van der Waals surface area contributed by atoms with E-state index in [-0.39, 0.29) is 6.10 Å². The van der Waals surface area contributed by atoms with E-state index in [0.717, 1.165) is 33.5 Å². The highest BCUT2D eigenvalue weighted by atomic mass is 79.9. The number of aliphatic hydroxyl groups excluding tert-OH is 1. The van der Waals surface area contributed by atoms with Crippen molar-refractivity contribution in [2.75, 3.05) is 0 Å². The second-order valence-electron chi connectivity index (χ2n) is 3.01. The van der Waals surface area contributed by atoms with E-state index >= 15 is 0 Å². The minimum absolute atomic E-state index is 0.324. The summed E-state index contributed by atoms with van der Waals surface area (Å²) in [5, 5.41) is 10.3. The third-order valence-corrected chi connectivity index (χ3v) is 3.02. The van der Waals surface area contributed by atoms with Crippen LogP contribution in [0.1, 0.15) is 23.7 Å². The Bertz CT molecular complexity index is 325. The second kappa shape index (κ2) is 3.02. The van der Waals surface area contributed by atoms with E-state index in [2.05, 4.69) is 15.9 Å². The molecular formula is C9H8BrClO. The van der Waals surface area contributed by atoms with Gasteiger partial charge in [-0.25, -0.2) is 0 Å². The Morgan fingerprint density at radius 1 is 1.50 bits per heavy atom. The van der Waals surface area contributed by atoms with Gasteiger partial charge in [-0.1, -0.05) is 27.5 Å². The van der Waals surface area contributed by atoms with Crippen molar-refractivity contribution in [2.45, 2.75) is 18.9 Å². The van der Waals surface area contributed by atoms with Crippen molar-refractivity contribution in [3.63, 3.8) is 0 Å². The highest BCUT2D eigenvalue weighted by Gasteiger charge is 2.22. The lowest BCUT2D eigenvalue weighted by molar-refractivity contribution is 0.180. The molecule has 12 heavy (non-hydrogen) atoms. The van der Waals surface area contributed by atoms with E-state index in [1.54, 1.807) is 0 Å². The fourth-order valence-electron chi connectivity index (χ4n) is 1.62. The molecule has 3 heteroatoms. The molecule has 64 valence electrons. The van der Waals surface area contributed by atoms with E-state index < -0.39 is 0 Å². The number of fused-ring (bicyclic) bond motifs is 1. The maximum absolute atomic E-state index is 9.55. The molecule has 0 radical (unpaired) electrons. The molecule has 1 N–H and O–H groups in total. The highest BCUT2D eigenvalue weighted by Crippen LogP contribution is 2.37. The topological polar surface area (TPSA) is 20.2 Å². The summed E-state index contributed by atoms with van der Waals surface area (Å²) in [7, 11) is 0. The number of aliphatic hydroxyl groups is 1. The molecule has 1 aliphatic carbocycles. The summed E-state index contributed by atoms with van der Waals surface area (Å²) in [6.45, 7) is 0. The summed E-state index contributed by atoms with van der Waals surface area (Å²) in [6.07, 6.45) is 1.36. The number of hydrogen-bond donors (Lipinski definition) is 1. The van der Waals surface area contributed by atoms with Crippen molar-refractivity contribution in [3.8, 4) is 0 Å². The average molecular weight is 248 g/mol. The molecule has 0 aliphatic heterocycles. The molecule has 1 aliphatic rings. The first kappa shape index (κ1) is 8.54. The van der Waals surface area contributed by atoms with Gasteiger partial charge in [-0.05, 0) is 36.1 Å². The van der Waals surface area contributed by atoms with Crippen molar-refractivity contribution < 1.29 is 5.11 Å². The van der Waals surface area contributed by atoms with E-state index in [1.165, 1.54) is 0 Å². The van der Waals surface area contributed by atoms with Crippen LogP contribution in [0.2, 0.25) is 5.02 Å². The van der Waals surface area contributed by atoms with Gasteiger partial charge in [-0.2, -0.15) is 0 Å². The van der Waals surface area contributed by atoms with Crippen molar-refractivity contribution in [3.05, 3.63) is 32.8 Å². The molecule has 0 aromatic heterocycles. The van der Waals surface area contributed by atoms with Gasteiger partial charge in [0.25, 0.3) is 0 Å². The van der Waals surface area contributed by atoms with E-state index in [0.29, 0.717) is 0 Å². The van der Waals surface area contributed by atoms with Gasteiger partial charge < -0.3 is 5.11 Å². The Morgan fingerprint density at radius 3 is 3.00 bits per heavy atom. The van der Waals surface area contributed by atoms with Gasteiger partial charge in [-0.3, -0.25) is 0 Å². The van der Waals surface area contributed by atoms with Crippen LogP contribution in [-0.4, -0.2) is 5.11 Å². The molecule has 0 saturated carbocycles. The van der Waals surface area contributed by atoms with Crippen LogP contribution in [0.15, 0.2) is 16.6 Å². The first-order valence-electron chi connectivity index (χ1n) is 3.84. The van der Waals surface area contributed by atoms with Crippen LogP contribution in [0, 0.1) is 0 Å². The van der Waals surface area contributed by atoms with Gasteiger partial charge in [-0.15, -0.1) is 0 Å². The van der Waals surface area contributed by atoms with Crippen molar-refractivity contribution in [1.29, 1.82) is 0 Å². The predicted molar refractivity (Wildman–Crippen MR) is 52.4 cm³/mol. The summed E-state index contributed by atoms with van der Waals surface area (Å²) < 4.78 is 0.937. The first-order chi connectivity index (χ1) is 5.68. The quantitative estimate of drug-likeness (QED) is 0.747. The van der Waals surface area contributed by atoms with E-state index in [4.69, 9.17) is 11.6 Å². The van der Waals surface area contributed by atoms with Crippen molar-refractivity contribution in [1.82, 2.24) is 0 Å². The van der Waals surface area contributed by atoms with Gasteiger partial charge in [0.15, 0.2) is 0 Å². The zero-order valence-electron chi connectivity index (χ0n) is 6.35. The maximum atomic E-state index is 9.55. The molecule has 1 unspecified atom stereocenters. The van der Waals surface area contributed by atoms with Crippen molar-refractivity contribution >= 4 is 27.5 Å². The Labute approximate surface area is 84.5 Å². The smallest absolute Gasteiger partial charge is 0.0796 e. The molecule has 0 heterocycles. The Kier molecular flexibility index (Phi) is 2.15. The molecule has 0 saturated heterocycles. The minimum atomic E-state index is -0.324. The largest absolute Gasteiger partial charge is 0.388 e. The molecule has 0 amide bonds. The molecule has 1 nitrogen and oxygen atoms in total. The van der Waals surface area contributed by atoms with Gasteiger partial charge >= 0.3 is 0 Å². The van der Waals surface area contributed by atoms with E-state index in [9.17, 15) is 5.11 Å². The van der Waals surface area contributed by atoms with Crippen LogP contribution in [-0.2, 0) is 6.42 Å². The highest BCUT2D eigenvalue weighted by molar-refractivity contribution is 9.10. The van der Waals surface area contributed by atoms with Gasteiger partial charge in [0.1, 0.15) is 0 Å². The average Bonchev–Trinajstić information content (AvgIpc) is 2.33. The summed E-state index contributed by atoms with van der Waals surface area (Å²) >= 11 is 9.35. The van der Waals surface area contributed by atoms with Gasteiger partial charge in [0.2, 0.25) is 0 Å². The van der Waals surface area contributed by atoms with Crippen LogP contribution in [0.4, 0.5) is 0 Å². The summed E-state index contributed by atoms with van der Waals surface area (Å²) in [6, 6.07) is 3.82. The maximum Gasteiger partial charge on any atom is 0.0796 e. The fraction of sp³-hybridized carbons (Fsp3) is 0.333. The van der Waals surface area contributed by atoms with Gasteiger partial charge in [0.05, 0.1) is 6.10 Å². The van der Waals surface area contributed by atoms with Crippen LogP contribution >= 0.6 is 27.5 Å². The lowest BCUT2D eigenvalue weighted by Crippen LogP contribution is -1.90. The molecule has 1 aromatic rings. The monoisotopic (exact) mass is 246 g/mol. The lowest BCUT2D eigenvalue weighted by Gasteiger charge is -2.05. The Morgan fingerprint density at radius 2 is 2.25 bits per heavy atom. The SMILES string of the molecule is OC1CCc2c(Cl)cc(Br)cc21. The molecule has 1 atom stereocenters. The standard InChI is InChI=1S/C9H8BrClO/c10-5-3-7-6(8(11)4-5)1-2-9(7)12/h3-4,9,12H,1-2H2. The number of hydrogen-bond acceptors (Lipinski definition) is 1. The Balaban J connectivity index is 2.60. The number of benzene rings is 1. The number of halogens is 2. The second-order valence-corrected chi connectivity index (χ2v) is 4.33. The summed E-state index contributed by atoms with van der Waals surface area (Å²) in [5.41, 5.74) is 2.08. The lowest BCUT2D eigenvalue weighted by atomic mass is 10.1. The van der Waals surface area contributed by atoms with Gasteiger partial charge in [0, 0.05) is 9.50 Å². The van der Waals surface area contributed by atoms with E-state index in [1.807, 2.05) is 12.1 Å². The Hall–Kier alpha value is -0.0500. The number of rotatable bonds is 0. The zero-order valence-corrected chi connectivity index (χ0v) is 8.69. The first-order valence-corrected chi connectivity index (χ1v) is 5.01.